The summed E-state index contributed by atoms with van der Waals surface area (Å²) in [6.45, 7) is 2.40. The second-order valence-corrected chi connectivity index (χ2v) is 4.60. The van der Waals surface area contributed by atoms with Crippen LogP contribution in [0.4, 0.5) is 19.0 Å². The molecule has 0 spiro atoms. The van der Waals surface area contributed by atoms with Gasteiger partial charge in [0.1, 0.15) is 5.82 Å². The Morgan fingerprint density at radius 1 is 1.50 bits per heavy atom. The summed E-state index contributed by atoms with van der Waals surface area (Å²) in [6.07, 6.45) is -1.10. The van der Waals surface area contributed by atoms with Crippen LogP contribution in [0.25, 0.3) is 0 Å². The molecule has 1 rings (SSSR count). The zero-order valence-corrected chi connectivity index (χ0v) is 9.82. The van der Waals surface area contributed by atoms with Gasteiger partial charge in [-0.05, 0) is 18.4 Å². The molecule has 6 heteroatoms. The zero-order chi connectivity index (χ0) is 12.2. The molecule has 0 fully saturated rings. The van der Waals surface area contributed by atoms with Crippen molar-refractivity contribution in [3.63, 3.8) is 0 Å². The number of pyridine rings is 1. The monoisotopic (exact) mass is 250 g/mol. The van der Waals surface area contributed by atoms with Crippen molar-refractivity contribution in [3.8, 4) is 0 Å². The second kappa shape index (κ2) is 5.43. The van der Waals surface area contributed by atoms with Gasteiger partial charge in [-0.25, -0.2) is 4.98 Å². The minimum Gasteiger partial charge on any atom is -0.368 e. The first kappa shape index (κ1) is 13.2. The van der Waals surface area contributed by atoms with Crippen LogP contribution in [0.3, 0.4) is 0 Å². The Morgan fingerprint density at radius 2 is 2.19 bits per heavy atom. The normalized spacial score (nSPS) is 13.6. The fourth-order valence-corrected chi connectivity index (χ4v) is 1.35. The molecule has 0 amide bonds. The molecule has 0 saturated carbocycles. The zero-order valence-electron chi connectivity index (χ0n) is 9.01. The molecule has 0 saturated heterocycles. The van der Waals surface area contributed by atoms with E-state index in [0.29, 0.717) is 6.54 Å². The maximum atomic E-state index is 12.6. The number of nitrogens with zero attached hydrogens (tertiary/aromatic N) is 1. The Bertz CT molecular complexity index is 341. The highest BCUT2D eigenvalue weighted by molar-refractivity contribution is 7.99. The van der Waals surface area contributed by atoms with Gasteiger partial charge in [-0.3, -0.25) is 0 Å². The van der Waals surface area contributed by atoms with Gasteiger partial charge in [0.15, 0.2) is 0 Å². The van der Waals surface area contributed by atoms with E-state index in [2.05, 4.69) is 10.3 Å². The van der Waals surface area contributed by atoms with Gasteiger partial charge in [-0.2, -0.15) is 24.9 Å². The molecule has 0 aliphatic rings. The number of nitrogens with one attached hydrogen (secondary N) is 1. The number of anilines is 1. The lowest BCUT2D eigenvalue weighted by molar-refractivity contribution is -0.137. The van der Waals surface area contributed by atoms with E-state index in [4.69, 9.17) is 0 Å². The van der Waals surface area contributed by atoms with E-state index < -0.39 is 11.7 Å². The maximum absolute atomic E-state index is 12.6. The average molecular weight is 250 g/mol. The first-order valence-corrected chi connectivity index (χ1v) is 6.03. The SMILES string of the molecule is CSC(C)CNc1ncccc1C(F)(F)F. The van der Waals surface area contributed by atoms with Gasteiger partial charge in [0.2, 0.25) is 0 Å². The lowest BCUT2D eigenvalue weighted by atomic mass is 10.2. The standard InChI is InChI=1S/C10H13F3N2S/c1-7(16-2)6-15-9-8(10(11,12)13)4-3-5-14-9/h3-5,7H,6H2,1-2H3,(H,14,15). The van der Waals surface area contributed by atoms with Crippen molar-refractivity contribution in [2.75, 3.05) is 18.1 Å². The summed E-state index contributed by atoms with van der Waals surface area (Å²) >= 11 is 1.59. The van der Waals surface area contributed by atoms with E-state index in [-0.39, 0.29) is 11.1 Å². The summed E-state index contributed by atoms with van der Waals surface area (Å²) in [4.78, 5) is 3.71. The van der Waals surface area contributed by atoms with Crippen molar-refractivity contribution in [2.24, 2.45) is 0 Å². The van der Waals surface area contributed by atoms with E-state index in [9.17, 15) is 13.2 Å². The van der Waals surface area contributed by atoms with Crippen molar-refractivity contribution < 1.29 is 13.2 Å². The lowest BCUT2D eigenvalue weighted by Crippen LogP contribution is -2.17. The molecule has 1 unspecified atom stereocenters. The number of thioether (sulfide) groups is 1. The molecule has 1 N–H and O–H groups in total. The molecule has 1 aromatic rings. The van der Waals surface area contributed by atoms with Gasteiger partial charge < -0.3 is 5.32 Å². The molecule has 1 atom stereocenters. The number of hydrogen-bond acceptors (Lipinski definition) is 3. The van der Waals surface area contributed by atoms with E-state index in [0.717, 1.165) is 6.07 Å². The van der Waals surface area contributed by atoms with Gasteiger partial charge in [0.05, 0.1) is 5.56 Å². The first-order valence-electron chi connectivity index (χ1n) is 4.74. The van der Waals surface area contributed by atoms with E-state index >= 15 is 0 Å². The highest BCUT2D eigenvalue weighted by Gasteiger charge is 2.33. The van der Waals surface area contributed by atoms with Crippen LogP contribution in [0.2, 0.25) is 0 Å². The third kappa shape index (κ3) is 3.59. The third-order valence-corrected chi connectivity index (χ3v) is 3.04. The summed E-state index contributed by atoms with van der Waals surface area (Å²) < 4.78 is 37.7. The maximum Gasteiger partial charge on any atom is 0.419 e. The van der Waals surface area contributed by atoms with Crippen LogP contribution in [0.5, 0.6) is 0 Å². The molecule has 0 aromatic carbocycles. The van der Waals surface area contributed by atoms with E-state index in [1.54, 1.807) is 11.8 Å². The topological polar surface area (TPSA) is 24.9 Å². The highest BCUT2D eigenvalue weighted by Crippen LogP contribution is 2.33. The van der Waals surface area contributed by atoms with Crippen LogP contribution >= 0.6 is 11.8 Å². The first-order chi connectivity index (χ1) is 7.45. The van der Waals surface area contributed by atoms with Crippen LogP contribution in [0.15, 0.2) is 18.3 Å². The average Bonchev–Trinajstić information content (AvgIpc) is 2.25. The van der Waals surface area contributed by atoms with Gasteiger partial charge >= 0.3 is 6.18 Å². The van der Waals surface area contributed by atoms with Crippen molar-refractivity contribution >= 4 is 17.6 Å². The van der Waals surface area contributed by atoms with Crippen LogP contribution in [-0.2, 0) is 6.18 Å². The molecule has 2 nitrogen and oxygen atoms in total. The summed E-state index contributed by atoms with van der Waals surface area (Å²) in [7, 11) is 0. The summed E-state index contributed by atoms with van der Waals surface area (Å²) in [5.74, 6) is -0.101. The largest absolute Gasteiger partial charge is 0.419 e. The van der Waals surface area contributed by atoms with Crippen molar-refractivity contribution in [1.82, 2.24) is 4.98 Å². The second-order valence-electron chi connectivity index (χ2n) is 3.32. The molecule has 90 valence electrons. The summed E-state index contributed by atoms with van der Waals surface area (Å²) in [5.41, 5.74) is -0.719. The smallest absolute Gasteiger partial charge is 0.368 e. The molecular weight excluding hydrogens is 237 g/mol. The predicted octanol–water partition coefficient (Wildman–Crippen LogP) is 3.26. The van der Waals surface area contributed by atoms with Crippen molar-refractivity contribution in [3.05, 3.63) is 23.9 Å². The summed E-state index contributed by atoms with van der Waals surface area (Å²) in [5, 5.41) is 2.96. The van der Waals surface area contributed by atoms with Gasteiger partial charge in [0, 0.05) is 18.0 Å². The quantitative estimate of drug-likeness (QED) is 0.887. The van der Waals surface area contributed by atoms with Gasteiger partial charge in [0.25, 0.3) is 0 Å². The minimum atomic E-state index is -4.36. The fraction of sp³-hybridized carbons (Fsp3) is 0.500. The number of aromatic nitrogens is 1. The Hall–Kier alpha value is -0.910. The number of halogens is 3. The van der Waals surface area contributed by atoms with Gasteiger partial charge in [-0.15, -0.1) is 0 Å². The number of rotatable bonds is 4. The minimum absolute atomic E-state index is 0.101. The van der Waals surface area contributed by atoms with Crippen LogP contribution in [-0.4, -0.2) is 23.0 Å². The predicted molar refractivity (Wildman–Crippen MR) is 60.7 cm³/mol. The Labute approximate surface area is 96.6 Å². The molecule has 0 aliphatic carbocycles. The molecule has 1 aromatic heterocycles. The van der Waals surface area contributed by atoms with Crippen LogP contribution in [0, 0.1) is 0 Å². The van der Waals surface area contributed by atoms with E-state index in [1.165, 1.54) is 12.3 Å². The Balaban J connectivity index is 2.80. The Morgan fingerprint density at radius 3 is 2.75 bits per heavy atom. The molecular formula is C10H13F3N2S. The Kier molecular flexibility index (Phi) is 4.46. The van der Waals surface area contributed by atoms with Crippen molar-refractivity contribution in [2.45, 2.75) is 18.3 Å². The number of hydrogen-bond donors (Lipinski definition) is 1. The molecule has 16 heavy (non-hydrogen) atoms. The third-order valence-electron chi connectivity index (χ3n) is 2.07. The molecule has 0 aliphatic heterocycles. The van der Waals surface area contributed by atoms with E-state index in [1.807, 2.05) is 13.2 Å². The van der Waals surface area contributed by atoms with Gasteiger partial charge in [-0.1, -0.05) is 6.92 Å². The number of alkyl halides is 3. The molecule has 0 radical (unpaired) electrons. The fourth-order valence-electron chi connectivity index (χ4n) is 1.10. The van der Waals surface area contributed by atoms with Crippen LogP contribution < -0.4 is 5.32 Å². The molecule has 1 heterocycles. The summed E-state index contributed by atoms with van der Waals surface area (Å²) in [6, 6.07) is 2.31. The van der Waals surface area contributed by atoms with Crippen LogP contribution in [0.1, 0.15) is 12.5 Å². The highest BCUT2D eigenvalue weighted by atomic mass is 32.2. The molecule has 0 bridgehead atoms. The lowest BCUT2D eigenvalue weighted by Gasteiger charge is -2.15. The van der Waals surface area contributed by atoms with Crippen molar-refractivity contribution in [1.29, 1.82) is 0 Å².